The molecule has 0 amide bonds. The van der Waals surface area contributed by atoms with Gasteiger partial charge >= 0.3 is 5.69 Å². The van der Waals surface area contributed by atoms with Gasteiger partial charge in [0, 0.05) is 18.6 Å². The number of rotatable bonds is 11. The smallest absolute Gasteiger partial charge is 0.322 e. The van der Waals surface area contributed by atoms with Gasteiger partial charge in [-0.1, -0.05) is 0 Å². The van der Waals surface area contributed by atoms with Gasteiger partial charge in [-0.15, -0.1) is 0 Å². The molecule has 0 spiro atoms. The van der Waals surface area contributed by atoms with Crippen molar-refractivity contribution < 1.29 is 9.05 Å². The van der Waals surface area contributed by atoms with E-state index in [9.17, 15) is 9.59 Å². The molecule has 10 nitrogen and oxygen atoms in total. The van der Waals surface area contributed by atoms with E-state index < -0.39 is 19.8 Å². The second-order valence-electron chi connectivity index (χ2n) is 8.97. The molecule has 0 aromatic heterocycles. The van der Waals surface area contributed by atoms with Crippen molar-refractivity contribution in [3.63, 3.8) is 0 Å². The number of hydrogen-bond donors (Lipinski definition) is 1. The highest BCUT2D eigenvalue weighted by Crippen LogP contribution is 2.46. The fraction of sp³-hybridized carbons (Fsp3) is 0.542. The maximum absolute atomic E-state index is 12.5. The van der Waals surface area contributed by atoms with Crippen LogP contribution in [-0.2, 0) is 15.6 Å². The van der Waals surface area contributed by atoms with E-state index in [1.54, 1.807) is 0 Å². The largest absolute Gasteiger partial charge is 0.349 e. The molecule has 3 rings (SSSR count). The van der Waals surface area contributed by atoms with E-state index in [-0.39, 0.29) is 23.6 Å². The number of fused-ring (bicyclic) bond motifs is 2. The second kappa shape index (κ2) is 11.8. The molecule has 1 atom stereocenters. The molecule has 0 radical (unpaired) electrons. The predicted octanol–water partition coefficient (Wildman–Crippen LogP) is 3.88. The summed E-state index contributed by atoms with van der Waals surface area (Å²) in [5.74, 6) is 0.257. The van der Waals surface area contributed by atoms with Crippen molar-refractivity contribution in [2.24, 2.45) is 0 Å². The molecule has 1 N–H and O–H groups in total. The van der Waals surface area contributed by atoms with E-state index in [4.69, 9.17) is 14.3 Å². The van der Waals surface area contributed by atoms with E-state index >= 15 is 0 Å². The number of aryl methyl sites for hydroxylation is 3. The molecule has 35 heavy (non-hydrogen) atoms. The van der Waals surface area contributed by atoms with Crippen molar-refractivity contribution in [3.8, 4) is 17.6 Å². The zero-order valence-corrected chi connectivity index (χ0v) is 22.1. The summed E-state index contributed by atoms with van der Waals surface area (Å²) in [5.41, 5.74) is 2.49. The first kappa shape index (κ1) is 26.9. The average Bonchev–Trinajstić information content (AvgIpc) is 2.77. The molecule has 11 heteroatoms. The fourth-order valence-electron chi connectivity index (χ4n) is 3.95. The van der Waals surface area contributed by atoms with Gasteiger partial charge in [0.15, 0.2) is 11.5 Å². The van der Waals surface area contributed by atoms with Gasteiger partial charge in [-0.2, -0.15) is 10.2 Å². The third-order valence-electron chi connectivity index (χ3n) is 5.61. The normalized spacial score (nSPS) is 12.8. The number of nitrogens with zero attached hydrogens (tertiary/aromatic N) is 5. The van der Waals surface area contributed by atoms with Crippen molar-refractivity contribution in [3.05, 3.63) is 44.1 Å². The van der Waals surface area contributed by atoms with Crippen molar-refractivity contribution in [1.29, 1.82) is 5.26 Å². The number of nitrogens with one attached hydrogen (secondary N) is 1. The first-order valence-corrected chi connectivity index (χ1v) is 12.9. The van der Waals surface area contributed by atoms with Crippen LogP contribution in [0.2, 0.25) is 0 Å². The first-order valence-electron chi connectivity index (χ1n) is 11.8. The van der Waals surface area contributed by atoms with E-state index in [0.717, 1.165) is 16.6 Å². The van der Waals surface area contributed by atoms with Crippen molar-refractivity contribution in [2.45, 2.75) is 73.0 Å². The lowest BCUT2D eigenvalue weighted by molar-refractivity contribution is 0.174. The highest BCUT2D eigenvalue weighted by Gasteiger charge is 2.27. The second-order valence-corrected chi connectivity index (χ2v) is 10.4. The Kier molecular flexibility index (Phi) is 9.09. The lowest BCUT2D eigenvalue weighted by Crippen LogP contribution is -2.33. The molecule has 0 fully saturated rings. The molecule has 0 saturated carbocycles. The van der Waals surface area contributed by atoms with Gasteiger partial charge in [0.1, 0.15) is 0 Å². The highest BCUT2D eigenvalue weighted by atomic mass is 31.2. The standard InChI is InChI=1S/C24H33N6O4P/c1-15(2)30(16(3)4)35(33-11-7-9-25)34-12-8-10-29-20-14-18(6)17(5)13-19(20)26-21-22(29)27-24(32)28-23(21)31/h13-16H,7-8,10-12H2,1-6H3,(H,28,31,32). The van der Waals surface area contributed by atoms with Crippen molar-refractivity contribution in [1.82, 2.24) is 24.2 Å². The van der Waals surface area contributed by atoms with Crippen LogP contribution >= 0.6 is 8.53 Å². The molecule has 0 aliphatic carbocycles. The Morgan fingerprint density at radius 3 is 2.40 bits per heavy atom. The van der Waals surface area contributed by atoms with Crippen molar-refractivity contribution in [2.75, 3.05) is 13.2 Å². The third kappa shape index (κ3) is 6.30. The molecule has 1 aromatic carbocycles. The summed E-state index contributed by atoms with van der Waals surface area (Å²) in [6.07, 6.45) is 0.895. The van der Waals surface area contributed by atoms with Crippen LogP contribution < -0.4 is 11.2 Å². The minimum Gasteiger partial charge on any atom is -0.322 e. The maximum Gasteiger partial charge on any atom is 0.349 e. The number of aromatic amines is 1. The molecule has 2 aliphatic heterocycles. The van der Waals surface area contributed by atoms with Gasteiger partial charge in [0.2, 0.25) is 0 Å². The van der Waals surface area contributed by atoms with E-state index in [1.807, 2.05) is 30.5 Å². The minimum absolute atomic E-state index is 0.133. The Morgan fingerprint density at radius 1 is 1.09 bits per heavy atom. The van der Waals surface area contributed by atoms with E-state index in [2.05, 4.69) is 53.4 Å². The molecule has 1 aromatic rings. The molecular formula is C24H33N6O4P. The van der Waals surface area contributed by atoms with Gasteiger partial charge in [-0.05, 0) is 71.2 Å². The summed E-state index contributed by atoms with van der Waals surface area (Å²) in [7, 11) is -1.34. The van der Waals surface area contributed by atoms with Crippen molar-refractivity contribution >= 4 is 19.6 Å². The summed E-state index contributed by atoms with van der Waals surface area (Å²) >= 11 is 0. The summed E-state index contributed by atoms with van der Waals surface area (Å²) in [6, 6.07) is 6.47. The van der Waals surface area contributed by atoms with Gasteiger partial charge < -0.3 is 13.6 Å². The van der Waals surface area contributed by atoms with Crippen LogP contribution in [0.5, 0.6) is 0 Å². The SMILES string of the molecule is Cc1cc2nc3c(=O)[nH]c(=O)nc-3n(CCCOP(OCCC#N)N(C(C)C)C(C)C)c2cc1C. The Hall–Kier alpha value is -2.70. The minimum atomic E-state index is -1.34. The van der Waals surface area contributed by atoms with E-state index in [0.29, 0.717) is 38.1 Å². The maximum atomic E-state index is 12.5. The monoisotopic (exact) mass is 500 g/mol. The van der Waals surface area contributed by atoms with Crippen LogP contribution in [0.15, 0.2) is 21.7 Å². The number of nitriles is 1. The molecule has 188 valence electrons. The van der Waals surface area contributed by atoms with Crippen LogP contribution in [0.3, 0.4) is 0 Å². The van der Waals surface area contributed by atoms with Gasteiger partial charge in [-0.25, -0.2) is 14.4 Å². The number of aromatic nitrogens is 4. The quantitative estimate of drug-likeness (QED) is 0.239. The summed E-state index contributed by atoms with van der Waals surface area (Å²) in [4.78, 5) is 35.2. The van der Waals surface area contributed by atoms with Gasteiger partial charge in [0.25, 0.3) is 14.1 Å². The predicted molar refractivity (Wildman–Crippen MR) is 136 cm³/mol. The Labute approximate surface area is 206 Å². The van der Waals surface area contributed by atoms with Crippen LogP contribution in [0.4, 0.5) is 0 Å². The molecule has 2 aliphatic rings. The number of H-pyrrole nitrogens is 1. The van der Waals surface area contributed by atoms with Crippen LogP contribution in [0.1, 0.15) is 51.7 Å². The molecule has 1 unspecified atom stereocenters. The summed E-state index contributed by atoms with van der Waals surface area (Å²) < 4.78 is 16.2. The Balaban J connectivity index is 1.88. The lowest BCUT2D eigenvalue weighted by atomic mass is 10.1. The van der Waals surface area contributed by atoms with Gasteiger partial charge in [0.05, 0.1) is 36.7 Å². The van der Waals surface area contributed by atoms with Gasteiger partial charge in [-0.3, -0.25) is 9.78 Å². The third-order valence-corrected chi connectivity index (χ3v) is 7.72. The van der Waals surface area contributed by atoms with Crippen LogP contribution in [0, 0.1) is 25.2 Å². The topological polar surface area (TPSA) is 126 Å². The Morgan fingerprint density at radius 2 is 1.74 bits per heavy atom. The Bertz CT molecular complexity index is 1290. The number of benzene rings is 1. The zero-order valence-electron chi connectivity index (χ0n) is 21.2. The summed E-state index contributed by atoms with van der Waals surface area (Å²) in [6.45, 7) is 13.5. The van der Waals surface area contributed by atoms with E-state index in [1.165, 1.54) is 0 Å². The first-order chi connectivity index (χ1) is 16.6. The molecule has 2 heterocycles. The number of hydrogen-bond acceptors (Lipinski definition) is 8. The fourth-order valence-corrected chi connectivity index (χ4v) is 5.58. The zero-order chi connectivity index (χ0) is 25.7. The molecular weight excluding hydrogens is 467 g/mol. The molecule has 0 bridgehead atoms. The van der Waals surface area contributed by atoms with Crippen LogP contribution in [-0.4, -0.2) is 49.5 Å². The van der Waals surface area contributed by atoms with Crippen LogP contribution in [0.25, 0.3) is 22.6 Å². The average molecular weight is 501 g/mol. The molecule has 0 saturated heterocycles. The lowest BCUT2D eigenvalue weighted by Gasteiger charge is -2.35. The highest BCUT2D eigenvalue weighted by molar-refractivity contribution is 7.44. The summed E-state index contributed by atoms with van der Waals surface area (Å²) in [5, 5.41) is 8.89.